The molecule has 3 nitrogen and oxygen atoms in total. The third kappa shape index (κ3) is 0.888. The van der Waals surface area contributed by atoms with E-state index >= 15 is 0 Å². The van der Waals surface area contributed by atoms with Crippen LogP contribution in [0.15, 0.2) is 24.5 Å². The molecule has 2 rings (SSSR count). The fourth-order valence-corrected chi connectivity index (χ4v) is 1.17. The van der Waals surface area contributed by atoms with Crippen molar-refractivity contribution >= 4 is 11.0 Å². The van der Waals surface area contributed by atoms with Gasteiger partial charge in [-0.2, -0.15) is 5.10 Å². The number of hydrogen-bond donors (Lipinski definition) is 0. The van der Waals surface area contributed by atoms with Crippen LogP contribution in [0.25, 0.3) is 11.0 Å². The van der Waals surface area contributed by atoms with Gasteiger partial charge in [-0.25, -0.2) is 0 Å². The van der Waals surface area contributed by atoms with E-state index in [1.807, 2.05) is 16.8 Å². The molecule has 0 N–H and O–H groups in total. The summed E-state index contributed by atoms with van der Waals surface area (Å²) in [5.41, 5.74) is 2.07. The van der Waals surface area contributed by atoms with E-state index in [2.05, 4.69) is 17.0 Å². The predicted octanol–water partition coefficient (Wildman–Crippen LogP) is 1.45. The molecule has 0 aliphatic heterocycles. The number of rotatable bonds is 1. The molecule has 0 saturated carbocycles. The van der Waals surface area contributed by atoms with Crippen LogP contribution in [0.4, 0.5) is 0 Å². The van der Waals surface area contributed by atoms with Crippen molar-refractivity contribution in [3.05, 3.63) is 24.5 Å². The second-order valence-corrected chi connectivity index (χ2v) is 2.37. The first-order chi connectivity index (χ1) is 5.42. The van der Waals surface area contributed by atoms with Crippen LogP contribution in [0.5, 0.6) is 0 Å². The molecule has 2 aromatic heterocycles. The Morgan fingerprint density at radius 2 is 2.45 bits per heavy atom. The van der Waals surface area contributed by atoms with E-state index in [1.165, 1.54) is 0 Å². The minimum atomic E-state index is 0.898. The molecule has 0 fully saturated rings. The van der Waals surface area contributed by atoms with E-state index in [0.29, 0.717) is 0 Å². The molecule has 0 bridgehead atoms. The largest absolute Gasteiger partial charge is 0.264 e. The van der Waals surface area contributed by atoms with Gasteiger partial charge in [-0.1, -0.05) is 0 Å². The predicted molar refractivity (Wildman–Crippen MR) is 43.2 cm³/mol. The molecule has 3 heteroatoms. The Labute approximate surface area is 64.7 Å². The lowest BCUT2D eigenvalue weighted by molar-refractivity contribution is 0.684. The minimum absolute atomic E-state index is 0.898. The second kappa shape index (κ2) is 2.34. The molecule has 2 aromatic rings. The van der Waals surface area contributed by atoms with Gasteiger partial charge in [-0.15, -0.1) is 0 Å². The standard InChI is InChI=1S/C8H9N3/c1-2-11-8-4-3-5-9-7(8)6-10-11/h3-6H,2H2,1H3. The van der Waals surface area contributed by atoms with Gasteiger partial charge in [0.2, 0.25) is 0 Å². The highest BCUT2D eigenvalue weighted by atomic mass is 15.3. The molecule has 0 spiro atoms. The molecule has 0 aliphatic rings. The first kappa shape index (κ1) is 6.34. The Morgan fingerprint density at radius 3 is 3.27 bits per heavy atom. The van der Waals surface area contributed by atoms with Gasteiger partial charge in [-0.05, 0) is 19.1 Å². The summed E-state index contributed by atoms with van der Waals surface area (Å²) in [7, 11) is 0. The fourth-order valence-electron chi connectivity index (χ4n) is 1.17. The molecule has 0 saturated heterocycles. The highest BCUT2D eigenvalue weighted by Crippen LogP contribution is 2.08. The van der Waals surface area contributed by atoms with Crippen LogP contribution in [-0.4, -0.2) is 14.8 Å². The number of aryl methyl sites for hydroxylation is 1. The molecule has 0 aromatic carbocycles. The number of pyridine rings is 1. The number of hydrogen-bond acceptors (Lipinski definition) is 2. The Kier molecular flexibility index (Phi) is 1.35. The van der Waals surface area contributed by atoms with Crippen LogP contribution in [0.1, 0.15) is 6.92 Å². The first-order valence-corrected chi connectivity index (χ1v) is 3.68. The van der Waals surface area contributed by atoms with Crippen molar-refractivity contribution in [3.8, 4) is 0 Å². The van der Waals surface area contributed by atoms with E-state index in [4.69, 9.17) is 0 Å². The summed E-state index contributed by atoms with van der Waals surface area (Å²) in [6, 6.07) is 3.95. The molecule has 0 atom stereocenters. The summed E-state index contributed by atoms with van der Waals surface area (Å²) in [6.45, 7) is 2.97. The molecule has 0 aliphatic carbocycles. The van der Waals surface area contributed by atoms with Crippen molar-refractivity contribution in [2.24, 2.45) is 0 Å². The van der Waals surface area contributed by atoms with Gasteiger partial charge in [0.1, 0.15) is 5.52 Å². The van der Waals surface area contributed by atoms with Crippen LogP contribution in [0, 0.1) is 0 Å². The maximum Gasteiger partial charge on any atom is 0.108 e. The van der Waals surface area contributed by atoms with Gasteiger partial charge in [0.25, 0.3) is 0 Å². The Balaban J connectivity index is 2.76. The lowest BCUT2D eigenvalue weighted by Gasteiger charge is -1.95. The summed E-state index contributed by atoms with van der Waals surface area (Å²) in [4.78, 5) is 4.17. The monoisotopic (exact) mass is 147 g/mol. The lowest BCUT2D eigenvalue weighted by Crippen LogP contribution is -1.94. The summed E-state index contributed by atoms with van der Waals surface area (Å²) in [5, 5.41) is 4.17. The highest BCUT2D eigenvalue weighted by molar-refractivity contribution is 5.73. The van der Waals surface area contributed by atoms with E-state index in [0.717, 1.165) is 17.6 Å². The summed E-state index contributed by atoms with van der Waals surface area (Å²) >= 11 is 0. The van der Waals surface area contributed by atoms with Crippen LogP contribution in [-0.2, 0) is 6.54 Å². The van der Waals surface area contributed by atoms with Gasteiger partial charge in [0, 0.05) is 12.7 Å². The first-order valence-electron chi connectivity index (χ1n) is 3.68. The zero-order chi connectivity index (χ0) is 7.68. The average Bonchev–Trinajstić information content (AvgIpc) is 2.47. The molecule has 2 heterocycles. The molecule has 0 amide bonds. The van der Waals surface area contributed by atoms with Crippen LogP contribution in [0.2, 0.25) is 0 Å². The van der Waals surface area contributed by atoms with Crippen molar-refractivity contribution in [1.29, 1.82) is 0 Å². The van der Waals surface area contributed by atoms with Gasteiger partial charge >= 0.3 is 0 Å². The van der Waals surface area contributed by atoms with Crippen molar-refractivity contribution in [1.82, 2.24) is 14.8 Å². The average molecular weight is 147 g/mol. The number of fused-ring (bicyclic) bond motifs is 1. The van der Waals surface area contributed by atoms with Gasteiger partial charge in [0.05, 0.1) is 11.7 Å². The van der Waals surface area contributed by atoms with Crippen LogP contribution < -0.4 is 0 Å². The van der Waals surface area contributed by atoms with Crippen LogP contribution >= 0.6 is 0 Å². The summed E-state index contributed by atoms with van der Waals surface area (Å²) in [5.74, 6) is 0. The normalized spacial score (nSPS) is 10.6. The van der Waals surface area contributed by atoms with Crippen molar-refractivity contribution in [2.45, 2.75) is 13.5 Å². The van der Waals surface area contributed by atoms with Crippen molar-refractivity contribution in [2.75, 3.05) is 0 Å². The van der Waals surface area contributed by atoms with E-state index in [9.17, 15) is 0 Å². The maximum atomic E-state index is 4.17. The number of aromatic nitrogens is 3. The second-order valence-electron chi connectivity index (χ2n) is 2.37. The maximum absolute atomic E-state index is 4.17. The molecule has 0 radical (unpaired) electrons. The Morgan fingerprint density at radius 1 is 1.55 bits per heavy atom. The quantitative estimate of drug-likeness (QED) is 0.611. The zero-order valence-electron chi connectivity index (χ0n) is 6.36. The van der Waals surface area contributed by atoms with Gasteiger partial charge < -0.3 is 0 Å². The van der Waals surface area contributed by atoms with Gasteiger partial charge in [-0.3, -0.25) is 9.67 Å². The van der Waals surface area contributed by atoms with Gasteiger partial charge in [0.15, 0.2) is 0 Å². The SMILES string of the molecule is CCn1ncc2ncccc21. The zero-order valence-corrected chi connectivity index (χ0v) is 6.36. The summed E-state index contributed by atoms with van der Waals surface area (Å²) in [6.07, 6.45) is 3.57. The van der Waals surface area contributed by atoms with Crippen molar-refractivity contribution in [3.63, 3.8) is 0 Å². The smallest absolute Gasteiger partial charge is 0.108 e. The topological polar surface area (TPSA) is 30.7 Å². The Bertz CT molecular complexity index is 364. The molecular formula is C8H9N3. The summed E-state index contributed by atoms with van der Waals surface area (Å²) < 4.78 is 1.93. The van der Waals surface area contributed by atoms with E-state index < -0.39 is 0 Å². The van der Waals surface area contributed by atoms with E-state index in [1.54, 1.807) is 12.4 Å². The van der Waals surface area contributed by atoms with Crippen molar-refractivity contribution < 1.29 is 0 Å². The Hall–Kier alpha value is -1.38. The molecule has 0 unspecified atom stereocenters. The molecule has 56 valence electrons. The third-order valence-electron chi connectivity index (χ3n) is 1.71. The highest BCUT2D eigenvalue weighted by Gasteiger charge is 1.98. The minimum Gasteiger partial charge on any atom is -0.264 e. The molecule has 11 heavy (non-hydrogen) atoms. The third-order valence-corrected chi connectivity index (χ3v) is 1.71. The number of nitrogens with zero attached hydrogens (tertiary/aromatic N) is 3. The van der Waals surface area contributed by atoms with E-state index in [-0.39, 0.29) is 0 Å². The van der Waals surface area contributed by atoms with Crippen LogP contribution in [0.3, 0.4) is 0 Å². The molecular weight excluding hydrogens is 138 g/mol. The fraction of sp³-hybridized carbons (Fsp3) is 0.250. The lowest BCUT2D eigenvalue weighted by atomic mass is 10.4.